The zero-order valence-corrected chi connectivity index (χ0v) is 11.8. The van der Waals surface area contributed by atoms with Crippen molar-refractivity contribution < 1.29 is 17.9 Å². The van der Waals surface area contributed by atoms with E-state index in [1.807, 2.05) is 0 Å². The van der Waals surface area contributed by atoms with E-state index in [0.29, 0.717) is 21.9 Å². The van der Waals surface area contributed by atoms with Crippen molar-refractivity contribution in [3.05, 3.63) is 62.4 Å². The molecule has 22 heavy (non-hydrogen) atoms. The van der Waals surface area contributed by atoms with E-state index >= 15 is 0 Å². The molecule has 0 spiro atoms. The summed E-state index contributed by atoms with van der Waals surface area (Å²) >= 11 is 0. The number of ether oxygens (including phenoxy) is 1. The van der Waals surface area contributed by atoms with Crippen molar-refractivity contribution in [3.63, 3.8) is 0 Å². The van der Waals surface area contributed by atoms with Gasteiger partial charge < -0.3 is 4.74 Å². The molecule has 0 amide bonds. The van der Waals surface area contributed by atoms with E-state index in [4.69, 9.17) is 4.74 Å². The van der Waals surface area contributed by atoms with Gasteiger partial charge >= 0.3 is 11.9 Å². The van der Waals surface area contributed by atoms with Crippen LogP contribution in [0.15, 0.2) is 39.9 Å². The third-order valence-electron chi connectivity index (χ3n) is 3.17. The van der Waals surface area contributed by atoms with Gasteiger partial charge in [0.2, 0.25) is 0 Å². The summed E-state index contributed by atoms with van der Waals surface area (Å²) in [4.78, 5) is 23.8. The van der Waals surface area contributed by atoms with Gasteiger partial charge in [-0.1, -0.05) is 12.1 Å². The van der Waals surface area contributed by atoms with Crippen LogP contribution in [0.4, 0.5) is 13.2 Å². The van der Waals surface area contributed by atoms with Crippen molar-refractivity contribution in [1.29, 1.82) is 0 Å². The SMILES string of the molecule is COc1cccc(Cn2c(=O)cc(C(F)(F)F)n(C)c2=O)c1. The molecule has 8 heteroatoms. The summed E-state index contributed by atoms with van der Waals surface area (Å²) in [5.41, 5.74) is -2.73. The maximum Gasteiger partial charge on any atom is 0.431 e. The largest absolute Gasteiger partial charge is 0.497 e. The molecule has 0 fully saturated rings. The van der Waals surface area contributed by atoms with Crippen molar-refractivity contribution in [2.75, 3.05) is 7.11 Å². The molecule has 0 radical (unpaired) electrons. The standard InChI is InChI=1S/C14H13F3N2O3/c1-18-11(14(15,16)17)7-12(20)19(13(18)21)8-9-4-3-5-10(6-9)22-2/h3-7H,8H2,1-2H3. The second kappa shape index (κ2) is 5.70. The molecule has 2 aromatic rings. The van der Waals surface area contributed by atoms with Gasteiger partial charge in [0.25, 0.3) is 5.56 Å². The topological polar surface area (TPSA) is 53.2 Å². The van der Waals surface area contributed by atoms with Crippen LogP contribution in [0, 0.1) is 0 Å². The number of aromatic nitrogens is 2. The lowest BCUT2D eigenvalue weighted by Gasteiger charge is -2.14. The molecule has 0 atom stereocenters. The van der Waals surface area contributed by atoms with Crippen LogP contribution in [0.5, 0.6) is 5.75 Å². The minimum atomic E-state index is -4.76. The number of alkyl halides is 3. The molecule has 1 aromatic carbocycles. The Morgan fingerprint density at radius 1 is 1.18 bits per heavy atom. The first-order valence-corrected chi connectivity index (χ1v) is 6.25. The maximum absolute atomic E-state index is 12.7. The second-order valence-corrected chi connectivity index (χ2v) is 4.64. The first-order valence-electron chi connectivity index (χ1n) is 6.25. The predicted octanol–water partition coefficient (Wildman–Crippen LogP) is 1.62. The average Bonchev–Trinajstić information content (AvgIpc) is 2.46. The predicted molar refractivity (Wildman–Crippen MR) is 73.0 cm³/mol. The lowest BCUT2D eigenvalue weighted by Crippen LogP contribution is -2.41. The smallest absolute Gasteiger partial charge is 0.431 e. The summed E-state index contributed by atoms with van der Waals surface area (Å²) in [7, 11) is 2.44. The van der Waals surface area contributed by atoms with E-state index in [1.54, 1.807) is 24.3 Å². The van der Waals surface area contributed by atoms with Crippen LogP contribution in [-0.2, 0) is 19.8 Å². The summed E-state index contributed by atoms with van der Waals surface area (Å²) in [5, 5.41) is 0. The number of hydrogen-bond acceptors (Lipinski definition) is 3. The summed E-state index contributed by atoms with van der Waals surface area (Å²) in [6.45, 7) is -0.138. The minimum Gasteiger partial charge on any atom is -0.497 e. The second-order valence-electron chi connectivity index (χ2n) is 4.64. The molecule has 0 saturated heterocycles. The molecule has 0 saturated carbocycles. The summed E-state index contributed by atoms with van der Waals surface area (Å²) < 4.78 is 44.4. The Kier molecular flexibility index (Phi) is 4.11. The van der Waals surface area contributed by atoms with Gasteiger partial charge in [-0.15, -0.1) is 0 Å². The summed E-state index contributed by atoms with van der Waals surface area (Å²) in [6, 6.07) is 7.00. The molecule has 1 aromatic heterocycles. The molecule has 1 heterocycles. The highest BCUT2D eigenvalue weighted by atomic mass is 19.4. The monoisotopic (exact) mass is 314 g/mol. The van der Waals surface area contributed by atoms with E-state index in [-0.39, 0.29) is 6.54 Å². The molecule has 0 aliphatic heterocycles. The quantitative estimate of drug-likeness (QED) is 0.865. The highest BCUT2D eigenvalue weighted by Crippen LogP contribution is 2.26. The Labute approximate surface area is 123 Å². The van der Waals surface area contributed by atoms with Gasteiger partial charge in [0.1, 0.15) is 11.4 Å². The molecule has 0 bridgehead atoms. The lowest BCUT2D eigenvalue weighted by atomic mass is 10.2. The van der Waals surface area contributed by atoms with Crippen molar-refractivity contribution in [2.45, 2.75) is 12.7 Å². The fraction of sp³-hybridized carbons (Fsp3) is 0.286. The van der Waals surface area contributed by atoms with Gasteiger partial charge in [0, 0.05) is 13.1 Å². The van der Waals surface area contributed by atoms with Crippen molar-refractivity contribution in [2.24, 2.45) is 7.05 Å². The minimum absolute atomic E-state index is 0.138. The fourth-order valence-electron chi connectivity index (χ4n) is 2.04. The van der Waals surface area contributed by atoms with Crippen molar-refractivity contribution in [1.82, 2.24) is 9.13 Å². The molecule has 0 aliphatic carbocycles. The Morgan fingerprint density at radius 3 is 2.45 bits per heavy atom. The van der Waals surface area contributed by atoms with Crippen LogP contribution >= 0.6 is 0 Å². The number of nitrogens with zero attached hydrogens (tertiary/aromatic N) is 2. The van der Waals surface area contributed by atoms with E-state index in [9.17, 15) is 22.8 Å². The first kappa shape index (κ1) is 15.9. The molecule has 0 aliphatic rings. The number of benzene rings is 1. The number of methoxy groups -OCH3 is 1. The van der Waals surface area contributed by atoms with Gasteiger partial charge in [0.05, 0.1) is 13.7 Å². The summed E-state index contributed by atoms with van der Waals surface area (Å²) in [6.07, 6.45) is -4.76. The van der Waals surface area contributed by atoms with Gasteiger partial charge in [-0.3, -0.25) is 13.9 Å². The molecule has 0 N–H and O–H groups in total. The van der Waals surface area contributed by atoms with Crippen LogP contribution in [0.25, 0.3) is 0 Å². The van der Waals surface area contributed by atoms with Gasteiger partial charge in [0.15, 0.2) is 0 Å². The zero-order chi connectivity index (χ0) is 16.5. The third kappa shape index (κ3) is 3.05. The van der Waals surface area contributed by atoms with Crippen LogP contribution < -0.4 is 16.0 Å². The first-order chi connectivity index (χ1) is 10.2. The third-order valence-corrected chi connectivity index (χ3v) is 3.17. The van der Waals surface area contributed by atoms with Gasteiger partial charge in [-0.2, -0.15) is 13.2 Å². The highest BCUT2D eigenvalue weighted by molar-refractivity contribution is 5.28. The number of halogens is 3. The lowest BCUT2D eigenvalue weighted by molar-refractivity contribution is -0.144. The normalized spacial score (nSPS) is 11.5. The fourth-order valence-corrected chi connectivity index (χ4v) is 2.04. The molecule has 118 valence electrons. The Morgan fingerprint density at radius 2 is 1.86 bits per heavy atom. The highest BCUT2D eigenvalue weighted by Gasteiger charge is 2.34. The maximum atomic E-state index is 12.7. The van der Waals surface area contributed by atoms with E-state index in [2.05, 4.69) is 0 Å². The molecular weight excluding hydrogens is 301 g/mol. The number of rotatable bonds is 3. The molecule has 2 rings (SSSR count). The van der Waals surface area contributed by atoms with Gasteiger partial charge in [-0.05, 0) is 17.7 Å². The molecule has 0 unspecified atom stereocenters. The van der Waals surface area contributed by atoms with Crippen LogP contribution in [0.1, 0.15) is 11.3 Å². The Bertz CT molecular complexity index is 806. The Balaban J connectivity index is 2.51. The van der Waals surface area contributed by atoms with Crippen LogP contribution in [0.2, 0.25) is 0 Å². The van der Waals surface area contributed by atoms with Crippen LogP contribution in [-0.4, -0.2) is 16.2 Å². The number of hydrogen-bond donors (Lipinski definition) is 0. The van der Waals surface area contributed by atoms with E-state index < -0.39 is 23.1 Å². The summed E-state index contributed by atoms with van der Waals surface area (Å²) in [5.74, 6) is 0.522. The van der Waals surface area contributed by atoms with E-state index in [1.165, 1.54) is 7.11 Å². The van der Waals surface area contributed by atoms with Gasteiger partial charge in [-0.25, -0.2) is 4.79 Å². The van der Waals surface area contributed by atoms with Crippen molar-refractivity contribution >= 4 is 0 Å². The van der Waals surface area contributed by atoms with Crippen LogP contribution in [0.3, 0.4) is 0 Å². The average molecular weight is 314 g/mol. The Hall–Kier alpha value is -2.51. The zero-order valence-electron chi connectivity index (χ0n) is 11.8. The molecule has 5 nitrogen and oxygen atoms in total. The van der Waals surface area contributed by atoms with Crippen molar-refractivity contribution in [3.8, 4) is 5.75 Å². The van der Waals surface area contributed by atoms with E-state index in [0.717, 1.165) is 11.6 Å². The molecular formula is C14H13F3N2O3.